The fraction of sp³-hybridized carbons (Fsp3) is 0.467. The molecule has 1 aromatic heterocycles. The molecule has 0 atom stereocenters. The highest BCUT2D eigenvalue weighted by Crippen LogP contribution is 2.24. The highest BCUT2D eigenvalue weighted by molar-refractivity contribution is 7.22. The van der Waals surface area contributed by atoms with Gasteiger partial charge >= 0.3 is 6.03 Å². The summed E-state index contributed by atoms with van der Waals surface area (Å²) in [6.07, 6.45) is 1.07. The van der Waals surface area contributed by atoms with E-state index in [2.05, 4.69) is 15.6 Å². The number of benzene rings is 1. The van der Waals surface area contributed by atoms with E-state index in [-0.39, 0.29) is 12.1 Å². The number of rotatable bonds is 4. The summed E-state index contributed by atoms with van der Waals surface area (Å²) < 4.78 is 1.15. The number of likely N-dealkylation sites (tertiary alicyclic amines) is 1. The molecule has 0 saturated carbocycles. The summed E-state index contributed by atoms with van der Waals surface area (Å²) in [6.45, 7) is 2.44. The number of nitrogens with zero attached hydrogens (tertiary/aromatic N) is 2. The van der Waals surface area contributed by atoms with Crippen LogP contribution in [0.2, 0.25) is 0 Å². The number of hydrogen-bond donors (Lipinski definition) is 3. The Bertz CT molecular complexity index is 604. The molecule has 1 fully saturated rings. The van der Waals surface area contributed by atoms with Crippen LogP contribution in [0.3, 0.4) is 0 Å². The maximum atomic E-state index is 11.9. The molecule has 6 nitrogen and oxygen atoms in total. The number of amides is 2. The number of aliphatic hydroxyl groups is 1. The maximum absolute atomic E-state index is 11.9. The van der Waals surface area contributed by atoms with E-state index in [1.54, 1.807) is 16.2 Å². The molecule has 1 saturated heterocycles. The first-order chi connectivity index (χ1) is 10.7. The second-order valence-electron chi connectivity index (χ2n) is 5.36. The van der Waals surface area contributed by atoms with Crippen molar-refractivity contribution in [2.75, 3.05) is 31.5 Å². The van der Waals surface area contributed by atoms with Crippen molar-refractivity contribution in [3.8, 4) is 0 Å². The van der Waals surface area contributed by atoms with Crippen LogP contribution in [0.25, 0.3) is 10.2 Å². The van der Waals surface area contributed by atoms with Crippen molar-refractivity contribution in [3.05, 3.63) is 24.3 Å². The largest absolute Gasteiger partial charge is 0.393 e. The molecule has 0 unspecified atom stereocenters. The third-order valence-electron chi connectivity index (χ3n) is 3.72. The zero-order valence-corrected chi connectivity index (χ0v) is 13.1. The van der Waals surface area contributed by atoms with Crippen molar-refractivity contribution in [1.82, 2.24) is 15.2 Å². The van der Waals surface area contributed by atoms with Crippen molar-refractivity contribution in [2.24, 2.45) is 0 Å². The van der Waals surface area contributed by atoms with Crippen LogP contribution in [0.4, 0.5) is 9.93 Å². The number of nitrogens with one attached hydrogen (secondary N) is 2. The summed E-state index contributed by atoms with van der Waals surface area (Å²) >= 11 is 1.61. The molecule has 3 rings (SSSR count). The maximum Gasteiger partial charge on any atom is 0.317 e. The molecular weight excluding hydrogens is 300 g/mol. The van der Waals surface area contributed by atoms with Crippen LogP contribution in [0.1, 0.15) is 12.8 Å². The van der Waals surface area contributed by atoms with E-state index in [4.69, 9.17) is 0 Å². The lowest BCUT2D eigenvalue weighted by molar-refractivity contribution is 0.0938. The lowest BCUT2D eigenvalue weighted by atomic mass is 10.1. The number of piperidine rings is 1. The molecule has 1 aromatic carbocycles. The number of para-hydroxylation sites is 1. The van der Waals surface area contributed by atoms with Crippen LogP contribution in [-0.4, -0.2) is 53.3 Å². The third kappa shape index (κ3) is 3.66. The molecule has 0 bridgehead atoms. The molecule has 22 heavy (non-hydrogen) atoms. The number of aromatic nitrogens is 1. The van der Waals surface area contributed by atoms with Gasteiger partial charge in [-0.05, 0) is 25.0 Å². The number of fused-ring (bicyclic) bond motifs is 1. The quantitative estimate of drug-likeness (QED) is 0.752. The van der Waals surface area contributed by atoms with Gasteiger partial charge in [0, 0.05) is 26.2 Å². The molecule has 0 radical (unpaired) electrons. The second-order valence-corrected chi connectivity index (χ2v) is 6.39. The molecule has 0 spiro atoms. The van der Waals surface area contributed by atoms with Gasteiger partial charge in [0.2, 0.25) is 0 Å². The standard InChI is InChI=1S/C15H20N4O2S/c20-11-5-9-19(10-6-11)15(21)17-8-7-16-14-18-12-3-1-2-4-13(12)22-14/h1-4,11,20H,5-10H2,(H,16,18)(H,17,21). The number of carbonyl (C=O) groups excluding carboxylic acids is 1. The van der Waals surface area contributed by atoms with Gasteiger partial charge in [-0.15, -0.1) is 0 Å². The minimum atomic E-state index is -0.259. The number of carbonyl (C=O) groups is 1. The predicted molar refractivity (Wildman–Crippen MR) is 88.3 cm³/mol. The van der Waals surface area contributed by atoms with Crippen molar-refractivity contribution in [1.29, 1.82) is 0 Å². The Balaban J connectivity index is 1.40. The van der Waals surface area contributed by atoms with Crippen LogP contribution < -0.4 is 10.6 Å². The summed E-state index contributed by atoms with van der Waals surface area (Å²) in [7, 11) is 0. The van der Waals surface area contributed by atoms with Crippen molar-refractivity contribution < 1.29 is 9.90 Å². The van der Waals surface area contributed by atoms with Gasteiger partial charge in [-0.1, -0.05) is 23.5 Å². The van der Waals surface area contributed by atoms with Crippen LogP contribution in [-0.2, 0) is 0 Å². The van der Waals surface area contributed by atoms with Gasteiger partial charge in [-0.2, -0.15) is 0 Å². The summed E-state index contributed by atoms with van der Waals surface area (Å²) in [6, 6.07) is 7.95. The van der Waals surface area contributed by atoms with E-state index in [0.717, 1.165) is 15.3 Å². The molecule has 7 heteroatoms. The average Bonchev–Trinajstić information content (AvgIpc) is 2.95. The first-order valence-electron chi connectivity index (χ1n) is 7.52. The van der Waals surface area contributed by atoms with Crippen molar-refractivity contribution in [2.45, 2.75) is 18.9 Å². The third-order valence-corrected chi connectivity index (χ3v) is 4.72. The van der Waals surface area contributed by atoms with E-state index in [9.17, 15) is 9.90 Å². The Morgan fingerprint density at radius 3 is 2.86 bits per heavy atom. The lowest BCUT2D eigenvalue weighted by Gasteiger charge is -2.29. The van der Waals surface area contributed by atoms with Crippen LogP contribution in [0.5, 0.6) is 0 Å². The van der Waals surface area contributed by atoms with Crippen LogP contribution in [0.15, 0.2) is 24.3 Å². The average molecular weight is 320 g/mol. The number of thiazole rings is 1. The number of anilines is 1. The smallest absolute Gasteiger partial charge is 0.317 e. The number of urea groups is 1. The Morgan fingerprint density at radius 2 is 2.09 bits per heavy atom. The SMILES string of the molecule is O=C(NCCNc1nc2ccccc2s1)N1CCC(O)CC1. The number of hydrogen-bond acceptors (Lipinski definition) is 5. The van der Waals surface area contributed by atoms with E-state index in [1.807, 2.05) is 24.3 Å². The van der Waals surface area contributed by atoms with Crippen LogP contribution >= 0.6 is 11.3 Å². The Labute approximate surface area is 133 Å². The molecule has 2 amide bonds. The minimum Gasteiger partial charge on any atom is -0.393 e. The molecule has 0 aliphatic carbocycles. The first kappa shape index (κ1) is 15.1. The van der Waals surface area contributed by atoms with Gasteiger partial charge in [-0.3, -0.25) is 0 Å². The van der Waals surface area contributed by atoms with Gasteiger partial charge < -0.3 is 20.6 Å². The monoisotopic (exact) mass is 320 g/mol. The summed E-state index contributed by atoms with van der Waals surface area (Å²) in [5.41, 5.74) is 0.992. The van der Waals surface area contributed by atoms with Crippen molar-refractivity contribution in [3.63, 3.8) is 0 Å². The minimum absolute atomic E-state index is 0.0574. The molecule has 2 heterocycles. The fourth-order valence-corrected chi connectivity index (χ4v) is 3.36. The molecular formula is C15H20N4O2S. The normalized spacial score (nSPS) is 16.0. The van der Waals surface area contributed by atoms with Gasteiger partial charge in [-0.25, -0.2) is 9.78 Å². The summed E-state index contributed by atoms with van der Waals surface area (Å²) in [4.78, 5) is 18.2. The van der Waals surface area contributed by atoms with E-state index in [1.165, 1.54) is 0 Å². The molecule has 3 N–H and O–H groups in total. The second kappa shape index (κ2) is 6.93. The summed E-state index contributed by atoms with van der Waals surface area (Å²) in [5, 5.41) is 16.4. The van der Waals surface area contributed by atoms with Crippen LogP contribution in [0, 0.1) is 0 Å². The fourth-order valence-electron chi connectivity index (χ4n) is 2.47. The molecule has 2 aromatic rings. The van der Waals surface area contributed by atoms with E-state index < -0.39 is 0 Å². The lowest BCUT2D eigenvalue weighted by Crippen LogP contribution is -2.46. The van der Waals surface area contributed by atoms with E-state index >= 15 is 0 Å². The zero-order valence-electron chi connectivity index (χ0n) is 12.3. The molecule has 1 aliphatic heterocycles. The van der Waals surface area contributed by atoms with E-state index in [0.29, 0.717) is 39.0 Å². The first-order valence-corrected chi connectivity index (χ1v) is 8.34. The molecule has 118 valence electrons. The summed E-state index contributed by atoms with van der Waals surface area (Å²) in [5.74, 6) is 0. The Hall–Kier alpha value is -1.86. The highest BCUT2D eigenvalue weighted by atomic mass is 32.1. The molecule has 1 aliphatic rings. The van der Waals surface area contributed by atoms with Gasteiger partial charge in [0.15, 0.2) is 5.13 Å². The van der Waals surface area contributed by atoms with Gasteiger partial charge in [0.1, 0.15) is 0 Å². The highest BCUT2D eigenvalue weighted by Gasteiger charge is 2.20. The van der Waals surface area contributed by atoms with Gasteiger partial charge in [0.05, 0.1) is 16.3 Å². The predicted octanol–water partition coefficient (Wildman–Crippen LogP) is 1.87. The Kier molecular flexibility index (Phi) is 4.74. The number of aliphatic hydroxyl groups excluding tert-OH is 1. The Morgan fingerprint density at radius 1 is 1.32 bits per heavy atom. The van der Waals surface area contributed by atoms with Gasteiger partial charge in [0.25, 0.3) is 0 Å². The van der Waals surface area contributed by atoms with Crippen molar-refractivity contribution >= 4 is 32.7 Å². The topological polar surface area (TPSA) is 77.5 Å². The zero-order chi connectivity index (χ0) is 15.4.